The smallest absolute Gasteiger partial charge is 0.261 e. The largest absolute Gasteiger partial charge is 0.347 e. The highest BCUT2D eigenvalue weighted by molar-refractivity contribution is 8.09. The number of hydrogen-bond donors (Lipinski definition) is 3. The molecular weight excluding hydrogens is 1030 g/mol. The van der Waals surface area contributed by atoms with Crippen LogP contribution in [0.1, 0.15) is 73.7 Å². The number of imidazole rings is 2. The molecule has 28 heteroatoms. The summed E-state index contributed by atoms with van der Waals surface area (Å²) in [6.45, 7) is 6.66. The van der Waals surface area contributed by atoms with Crippen molar-refractivity contribution in [1.82, 2.24) is 48.8 Å². The summed E-state index contributed by atoms with van der Waals surface area (Å²) in [7, 11) is -2.06. The normalized spacial score (nSPS) is 22.8. The molecule has 0 saturated carbocycles. The van der Waals surface area contributed by atoms with E-state index >= 15 is 8.78 Å². The van der Waals surface area contributed by atoms with Crippen LogP contribution in [0.3, 0.4) is 0 Å². The molecule has 2 aliphatic heterocycles. The number of amides is 2. The Kier molecular flexibility index (Phi) is 18.4. The average Bonchev–Trinajstić information content (AvgIpc) is 4.19. The predicted molar refractivity (Wildman–Crippen MR) is 275 cm³/mol. The van der Waals surface area contributed by atoms with Gasteiger partial charge >= 0.3 is 0 Å². The lowest BCUT2D eigenvalue weighted by Crippen LogP contribution is -2.41. The van der Waals surface area contributed by atoms with Crippen LogP contribution >= 0.6 is 15.2 Å². The van der Waals surface area contributed by atoms with Crippen molar-refractivity contribution in [3.63, 3.8) is 0 Å². The van der Waals surface area contributed by atoms with Gasteiger partial charge in [-0.1, -0.05) is 36.4 Å². The zero-order valence-electron chi connectivity index (χ0n) is 41.0. The number of aliphatic imine (C=N–C) groups is 1. The molecule has 3 N–H and O–H groups in total. The number of benzene rings is 2. The molecule has 8 rings (SSSR count). The Morgan fingerprint density at radius 1 is 0.800 bits per heavy atom. The minimum atomic E-state index is -3.93. The first-order chi connectivity index (χ1) is 36.2. The number of ether oxygens (including phenoxy) is 2. The summed E-state index contributed by atoms with van der Waals surface area (Å²) < 4.78 is 77.6. The molecule has 2 unspecified atom stereocenters. The topological polar surface area (TPSA) is 276 Å². The van der Waals surface area contributed by atoms with Crippen LogP contribution in [0.4, 0.5) is 20.4 Å². The zero-order chi connectivity index (χ0) is 53.2. The highest BCUT2D eigenvalue weighted by atomic mass is 32.5. The fraction of sp³-hybridized carbons (Fsp3) is 0.426. The van der Waals surface area contributed by atoms with E-state index in [1.54, 1.807) is 60.7 Å². The Morgan fingerprint density at radius 3 is 1.81 bits per heavy atom. The van der Waals surface area contributed by atoms with Gasteiger partial charge in [0.1, 0.15) is 37.1 Å². The summed E-state index contributed by atoms with van der Waals surface area (Å²) in [5, 5.41) is 27.5. The van der Waals surface area contributed by atoms with E-state index in [4.69, 9.17) is 39.4 Å². The lowest BCUT2D eigenvalue weighted by Gasteiger charge is -2.37. The third-order valence-corrected chi connectivity index (χ3v) is 16.4. The maximum Gasteiger partial charge on any atom is 0.261 e. The Balaban J connectivity index is 1.08. The van der Waals surface area contributed by atoms with E-state index in [9.17, 15) is 20.1 Å². The molecule has 0 bridgehead atoms. The number of nitrogens with one attached hydrogen (secondary N) is 3. The van der Waals surface area contributed by atoms with Gasteiger partial charge in [-0.15, -0.1) is 0 Å². The van der Waals surface area contributed by atoms with Gasteiger partial charge in [0, 0.05) is 29.8 Å². The number of rotatable bonds is 24. The molecule has 2 aliphatic rings. The van der Waals surface area contributed by atoms with Crippen molar-refractivity contribution in [2.45, 2.75) is 102 Å². The van der Waals surface area contributed by atoms with Gasteiger partial charge in [0.2, 0.25) is 0 Å². The van der Waals surface area contributed by atoms with E-state index in [1.165, 1.54) is 34.4 Å². The van der Waals surface area contributed by atoms with Crippen molar-refractivity contribution in [3.05, 3.63) is 97.1 Å². The van der Waals surface area contributed by atoms with Gasteiger partial charge in [0.15, 0.2) is 58.8 Å². The number of halogens is 2. The van der Waals surface area contributed by atoms with Crippen molar-refractivity contribution in [1.29, 1.82) is 10.5 Å². The van der Waals surface area contributed by atoms with Gasteiger partial charge in [-0.3, -0.25) is 23.7 Å². The van der Waals surface area contributed by atoms with Gasteiger partial charge in [0.05, 0.1) is 57.4 Å². The van der Waals surface area contributed by atoms with E-state index in [-0.39, 0.29) is 85.2 Å². The van der Waals surface area contributed by atoms with Crippen molar-refractivity contribution in [3.8, 4) is 12.1 Å². The van der Waals surface area contributed by atoms with Crippen molar-refractivity contribution in [2.24, 2.45) is 4.99 Å². The fourth-order valence-electron chi connectivity index (χ4n) is 8.41. The molecule has 6 aromatic rings. The van der Waals surface area contributed by atoms with E-state index in [2.05, 4.69) is 63.4 Å². The number of alkyl halides is 2. The fourth-order valence-corrected chi connectivity index (χ4v) is 12.5. The first kappa shape index (κ1) is 55.0. The lowest BCUT2D eigenvalue weighted by molar-refractivity contribution is -0.0205. The number of carbonyl (C=O) groups is 2. The molecule has 23 nitrogen and oxygen atoms in total. The Bertz CT molecular complexity index is 3070. The molecule has 2 aromatic carbocycles. The Labute approximate surface area is 436 Å². The maximum absolute atomic E-state index is 17.6. The second-order valence-corrected chi connectivity index (χ2v) is 22.1. The third-order valence-electron chi connectivity index (χ3n) is 11.7. The average molecular weight is 1090 g/mol. The minimum absolute atomic E-state index is 0.0136. The number of aromatic nitrogens is 8. The molecule has 0 radical (unpaired) electrons. The molecule has 2 fully saturated rings. The molecule has 2 saturated heterocycles. The number of nitrogens with zero attached hydrogens (tertiary/aromatic N) is 12. The third kappa shape index (κ3) is 12.6. The van der Waals surface area contributed by atoms with Gasteiger partial charge in [-0.2, -0.15) is 10.5 Å². The van der Waals surface area contributed by atoms with E-state index in [0.717, 1.165) is 0 Å². The molecule has 4 aromatic heterocycles. The van der Waals surface area contributed by atoms with Crippen LogP contribution in [0.5, 0.6) is 0 Å². The molecular formula is C47H53F2N15O8P2S. The molecule has 2 amide bonds. The van der Waals surface area contributed by atoms with Gasteiger partial charge in [0.25, 0.3) is 27.0 Å². The highest BCUT2D eigenvalue weighted by Gasteiger charge is 2.52. The van der Waals surface area contributed by atoms with Crippen LogP contribution in [0.15, 0.2) is 91.0 Å². The molecule has 75 heavy (non-hydrogen) atoms. The van der Waals surface area contributed by atoms with Crippen LogP contribution < -0.4 is 15.7 Å². The Hall–Kier alpha value is -6.25. The maximum atomic E-state index is 17.6. The molecule has 0 aliphatic carbocycles. The van der Waals surface area contributed by atoms with E-state index in [1.807, 2.05) is 38.4 Å². The summed E-state index contributed by atoms with van der Waals surface area (Å²) in [4.78, 5) is 56.2. The van der Waals surface area contributed by atoms with Gasteiger partial charge < -0.3 is 38.2 Å². The summed E-state index contributed by atoms with van der Waals surface area (Å²) in [6, 6.07) is 20.7. The number of nitriles is 2. The first-order valence-electron chi connectivity index (χ1n) is 23.6. The molecule has 394 valence electrons. The van der Waals surface area contributed by atoms with Crippen LogP contribution in [-0.4, -0.2) is 137 Å². The Morgan fingerprint density at radius 2 is 1.31 bits per heavy atom. The van der Waals surface area contributed by atoms with Crippen LogP contribution in [0, 0.1) is 22.7 Å². The van der Waals surface area contributed by atoms with Gasteiger partial charge in [-0.05, 0) is 70.5 Å². The number of anilines is 2. The van der Waals surface area contributed by atoms with Crippen LogP contribution in [0.25, 0.3) is 22.3 Å². The monoisotopic (exact) mass is 1090 g/mol. The number of hydrogen-bond acceptors (Lipinski definition) is 19. The van der Waals surface area contributed by atoms with E-state index in [0.29, 0.717) is 11.1 Å². The van der Waals surface area contributed by atoms with Crippen LogP contribution in [-0.2, 0) is 39.4 Å². The number of carbonyl (C=O) groups excluding carboxylic acids is 2. The molecule has 0 spiro atoms. The quantitative estimate of drug-likeness (QED) is 0.0309. The standard InChI is InChI=1S/C47H53F2N15O8P2S/c1-28(2)64(29(3)4)73(67-20-12-18-50)71-38-33(70-46(34(38)48)62-26-57-36-40(53-24-55-42(36)62)60-44(65)30-14-8-6-9-15-30)23-59-74(75,68-21-13-19-51)72-39-32(22-52-5)69-47(35(39)49)63-27-58-37-41(54-25-56-43(37)63)61-45(66)31-16-10-7-11-17-31/h6-11,14-17,24-29,32-35,38-39,46-47H,5,12-13,20-23H2,1-4H3,(H,59,75)(H,53,55,60,65)(H,54,56,61,66)/t32-,33-,34-,35-,38-,39-,46-,47-,73?,74?/m1/s1. The van der Waals surface area contributed by atoms with E-state index < -0.39 is 76.2 Å². The summed E-state index contributed by atoms with van der Waals surface area (Å²) >= 11 is 6.06. The second kappa shape index (κ2) is 25.1. The summed E-state index contributed by atoms with van der Waals surface area (Å²) in [6.07, 6.45) is -7.12. The number of fused-ring (bicyclic) bond motifs is 2. The summed E-state index contributed by atoms with van der Waals surface area (Å²) in [5.41, 5.74) is 1.29. The van der Waals surface area contributed by atoms with Crippen molar-refractivity contribution < 1.29 is 45.9 Å². The van der Waals surface area contributed by atoms with Crippen molar-refractivity contribution in [2.75, 3.05) is 36.9 Å². The molecule has 10 atom stereocenters. The van der Waals surface area contributed by atoms with Gasteiger partial charge in [-0.25, -0.2) is 48.4 Å². The first-order valence-corrected chi connectivity index (χ1v) is 27.4. The molecule has 6 heterocycles. The lowest BCUT2D eigenvalue weighted by atomic mass is 10.1. The summed E-state index contributed by atoms with van der Waals surface area (Å²) in [5.74, 6) is -0.765. The predicted octanol–water partition coefficient (Wildman–Crippen LogP) is 7.13. The highest BCUT2D eigenvalue weighted by Crippen LogP contribution is 2.53. The second-order valence-electron chi connectivity index (χ2n) is 17.4. The SMILES string of the molecule is C=NC[C@H]1O[C@@H](n2cnc3c(NC(=O)c4ccccc4)ncnc32)[C@H](F)[C@@H]1OP(=S)(NC[C@H]1O[C@@H](n2cnc3c(NC(=O)c4ccccc4)ncnc32)[C@H](F)[C@@H]1OP(OCCC#N)N(C(C)C)C(C)C)OCCC#N. The van der Waals surface area contributed by atoms with Crippen molar-refractivity contribution >= 4 is 79.5 Å². The van der Waals surface area contributed by atoms with Crippen LogP contribution in [0.2, 0.25) is 0 Å². The zero-order valence-corrected chi connectivity index (χ0v) is 43.6. The minimum Gasteiger partial charge on any atom is -0.347 e.